The van der Waals surface area contributed by atoms with Crippen molar-refractivity contribution in [3.05, 3.63) is 23.3 Å². The number of hydrogen-bond acceptors (Lipinski definition) is 2. The minimum absolute atomic E-state index is 1.07. The molecule has 1 heterocycles. The Morgan fingerprint density at radius 2 is 2.00 bits per heavy atom. The monoisotopic (exact) mass is 153 g/mol. The van der Waals surface area contributed by atoms with Crippen molar-refractivity contribution in [1.82, 2.24) is 4.72 Å². The van der Waals surface area contributed by atoms with Crippen LogP contribution in [0.4, 0.5) is 0 Å². The lowest BCUT2D eigenvalue weighted by Crippen LogP contribution is -2.19. The standard InChI is InChI=1S/C8H11NS/c1-2-4-8-6-10-9-5-7(8)3-1/h3-4,9H,1-2,5-6H2. The SMILES string of the molecule is C1=C2CNSCC2=CCC1. The number of fused-ring (bicyclic) bond motifs is 1. The maximum Gasteiger partial charge on any atom is 0.0330 e. The Bertz CT molecular complexity index is 171. The van der Waals surface area contributed by atoms with E-state index in [9.17, 15) is 0 Å². The third kappa shape index (κ3) is 1.13. The molecule has 0 spiro atoms. The van der Waals surface area contributed by atoms with E-state index in [0.29, 0.717) is 0 Å². The van der Waals surface area contributed by atoms with Gasteiger partial charge in [0.15, 0.2) is 0 Å². The van der Waals surface area contributed by atoms with Gasteiger partial charge in [-0.1, -0.05) is 24.1 Å². The topological polar surface area (TPSA) is 12.0 Å². The van der Waals surface area contributed by atoms with Crippen LogP contribution in [0.15, 0.2) is 23.3 Å². The molecule has 1 N–H and O–H groups in total. The zero-order valence-electron chi connectivity index (χ0n) is 5.89. The molecule has 2 rings (SSSR count). The average molecular weight is 153 g/mol. The molecule has 0 radical (unpaired) electrons. The quantitative estimate of drug-likeness (QED) is 0.533. The highest BCUT2D eigenvalue weighted by Crippen LogP contribution is 2.24. The minimum Gasteiger partial charge on any atom is -0.259 e. The molecule has 2 aliphatic rings. The maximum atomic E-state index is 3.29. The maximum absolute atomic E-state index is 3.29. The van der Waals surface area contributed by atoms with E-state index in [1.54, 1.807) is 5.57 Å². The second-order valence-electron chi connectivity index (χ2n) is 2.65. The predicted molar refractivity (Wildman–Crippen MR) is 45.9 cm³/mol. The van der Waals surface area contributed by atoms with Crippen LogP contribution in [-0.2, 0) is 0 Å². The van der Waals surface area contributed by atoms with Crippen LogP contribution in [0, 0.1) is 0 Å². The first-order chi connectivity index (χ1) is 4.97. The summed E-state index contributed by atoms with van der Waals surface area (Å²) >= 11 is 1.82. The van der Waals surface area contributed by atoms with Crippen molar-refractivity contribution >= 4 is 11.9 Å². The Labute approximate surface area is 65.7 Å². The van der Waals surface area contributed by atoms with Crippen molar-refractivity contribution < 1.29 is 0 Å². The van der Waals surface area contributed by atoms with Gasteiger partial charge < -0.3 is 0 Å². The first-order valence-electron chi connectivity index (χ1n) is 3.70. The van der Waals surface area contributed by atoms with Crippen molar-refractivity contribution in [2.24, 2.45) is 0 Å². The van der Waals surface area contributed by atoms with E-state index in [2.05, 4.69) is 16.9 Å². The molecule has 1 fully saturated rings. The fourth-order valence-electron chi connectivity index (χ4n) is 1.37. The Kier molecular flexibility index (Phi) is 1.82. The molecule has 1 aliphatic carbocycles. The Morgan fingerprint density at radius 1 is 1.20 bits per heavy atom. The summed E-state index contributed by atoms with van der Waals surface area (Å²) in [4.78, 5) is 0. The van der Waals surface area contributed by atoms with Gasteiger partial charge in [0.1, 0.15) is 0 Å². The van der Waals surface area contributed by atoms with E-state index in [0.717, 1.165) is 12.3 Å². The highest BCUT2D eigenvalue weighted by atomic mass is 32.2. The van der Waals surface area contributed by atoms with Crippen molar-refractivity contribution in [3.8, 4) is 0 Å². The van der Waals surface area contributed by atoms with Crippen LogP contribution in [0.25, 0.3) is 0 Å². The molecule has 54 valence electrons. The van der Waals surface area contributed by atoms with Crippen molar-refractivity contribution in [1.29, 1.82) is 0 Å². The molecular formula is C8H11NS. The number of hydrogen-bond donors (Lipinski definition) is 1. The van der Waals surface area contributed by atoms with Crippen LogP contribution in [0.1, 0.15) is 12.8 Å². The minimum atomic E-state index is 1.07. The highest BCUT2D eigenvalue weighted by Gasteiger charge is 2.12. The predicted octanol–water partition coefficient (Wildman–Crippen LogP) is 1.88. The lowest BCUT2D eigenvalue weighted by atomic mass is 9.99. The molecule has 1 nitrogen and oxygen atoms in total. The fraction of sp³-hybridized carbons (Fsp3) is 0.500. The van der Waals surface area contributed by atoms with Crippen LogP contribution in [0.2, 0.25) is 0 Å². The van der Waals surface area contributed by atoms with Gasteiger partial charge in [-0.3, -0.25) is 4.72 Å². The second kappa shape index (κ2) is 2.81. The van der Waals surface area contributed by atoms with Crippen LogP contribution in [-0.4, -0.2) is 12.3 Å². The fourth-order valence-corrected chi connectivity index (χ4v) is 2.19. The molecule has 0 unspecified atom stereocenters. The van der Waals surface area contributed by atoms with Crippen LogP contribution in [0.5, 0.6) is 0 Å². The zero-order valence-corrected chi connectivity index (χ0v) is 6.71. The molecule has 0 aromatic rings. The summed E-state index contributed by atoms with van der Waals surface area (Å²) in [6.45, 7) is 1.07. The Hall–Kier alpha value is -0.210. The van der Waals surface area contributed by atoms with E-state index < -0.39 is 0 Å². The van der Waals surface area contributed by atoms with Crippen LogP contribution in [0.3, 0.4) is 0 Å². The van der Waals surface area contributed by atoms with Gasteiger partial charge in [-0.15, -0.1) is 0 Å². The van der Waals surface area contributed by atoms with E-state index in [-0.39, 0.29) is 0 Å². The first kappa shape index (κ1) is 6.50. The number of nitrogens with one attached hydrogen (secondary N) is 1. The summed E-state index contributed by atoms with van der Waals surface area (Å²) in [5.41, 5.74) is 3.10. The second-order valence-corrected chi connectivity index (χ2v) is 3.51. The van der Waals surface area contributed by atoms with Crippen LogP contribution >= 0.6 is 11.9 Å². The normalized spacial score (nSPS) is 24.8. The summed E-state index contributed by atoms with van der Waals surface area (Å²) in [6.07, 6.45) is 7.23. The summed E-state index contributed by atoms with van der Waals surface area (Å²) in [6, 6.07) is 0. The molecule has 0 atom stereocenters. The molecule has 0 amide bonds. The molecule has 2 heteroatoms. The van der Waals surface area contributed by atoms with Crippen molar-refractivity contribution in [2.75, 3.05) is 12.3 Å². The van der Waals surface area contributed by atoms with Gasteiger partial charge in [0.2, 0.25) is 0 Å². The smallest absolute Gasteiger partial charge is 0.0330 e. The van der Waals surface area contributed by atoms with Gasteiger partial charge in [0.25, 0.3) is 0 Å². The Morgan fingerprint density at radius 3 is 2.80 bits per heavy atom. The van der Waals surface area contributed by atoms with Gasteiger partial charge >= 0.3 is 0 Å². The highest BCUT2D eigenvalue weighted by molar-refractivity contribution is 7.97. The van der Waals surface area contributed by atoms with E-state index in [1.807, 2.05) is 11.9 Å². The molecule has 0 aromatic heterocycles. The molecule has 1 saturated heterocycles. The number of allylic oxidation sites excluding steroid dienone is 2. The van der Waals surface area contributed by atoms with E-state index >= 15 is 0 Å². The van der Waals surface area contributed by atoms with Gasteiger partial charge in [-0.25, -0.2) is 0 Å². The van der Waals surface area contributed by atoms with Gasteiger partial charge in [0.05, 0.1) is 0 Å². The lowest BCUT2D eigenvalue weighted by molar-refractivity contribution is 0.932. The molecular weight excluding hydrogens is 142 g/mol. The van der Waals surface area contributed by atoms with Gasteiger partial charge in [-0.2, -0.15) is 0 Å². The summed E-state index contributed by atoms with van der Waals surface area (Å²) in [5.74, 6) is 1.16. The first-order valence-corrected chi connectivity index (χ1v) is 4.68. The molecule has 0 bridgehead atoms. The van der Waals surface area contributed by atoms with E-state index in [4.69, 9.17) is 0 Å². The third-order valence-corrected chi connectivity index (χ3v) is 2.76. The molecule has 10 heavy (non-hydrogen) atoms. The molecule has 0 saturated carbocycles. The lowest BCUT2D eigenvalue weighted by Gasteiger charge is -2.21. The third-order valence-electron chi connectivity index (χ3n) is 1.95. The van der Waals surface area contributed by atoms with Crippen LogP contribution < -0.4 is 4.72 Å². The molecule has 0 aromatic carbocycles. The van der Waals surface area contributed by atoms with Crippen molar-refractivity contribution in [2.45, 2.75) is 12.8 Å². The number of rotatable bonds is 0. The van der Waals surface area contributed by atoms with E-state index in [1.165, 1.54) is 18.4 Å². The van der Waals surface area contributed by atoms with Gasteiger partial charge in [-0.05, 0) is 24.0 Å². The molecule has 1 aliphatic heterocycles. The van der Waals surface area contributed by atoms with Gasteiger partial charge in [0, 0.05) is 12.3 Å². The summed E-state index contributed by atoms with van der Waals surface area (Å²) < 4.78 is 3.29. The summed E-state index contributed by atoms with van der Waals surface area (Å²) in [5, 5.41) is 0. The van der Waals surface area contributed by atoms with Crippen molar-refractivity contribution in [3.63, 3.8) is 0 Å². The summed E-state index contributed by atoms with van der Waals surface area (Å²) in [7, 11) is 0. The largest absolute Gasteiger partial charge is 0.259 e. The average Bonchev–Trinajstić information content (AvgIpc) is 2.05. The Balaban J connectivity index is 2.19. The zero-order chi connectivity index (χ0) is 6.81.